The number of anilines is 2. The van der Waals surface area contributed by atoms with E-state index in [1.54, 1.807) is 42.3 Å². The highest BCUT2D eigenvalue weighted by Crippen LogP contribution is 2.23. The highest BCUT2D eigenvalue weighted by Gasteiger charge is 2.21. The second-order valence-electron chi connectivity index (χ2n) is 8.12. The monoisotopic (exact) mass is 487 g/mol. The fraction of sp³-hybridized carbons (Fsp3) is 0.280. The Morgan fingerprint density at radius 3 is 2.97 bits per heavy atom. The van der Waals surface area contributed by atoms with E-state index in [9.17, 15) is 19.6 Å². The molecule has 0 bridgehead atoms. The minimum absolute atomic E-state index is 0.0441. The van der Waals surface area contributed by atoms with Crippen molar-refractivity contribution in [3.05, 3.63) is 58.9 Å². The lowest BCUT2D eigenvalue weighted by Crippen LogP contribution is -2.47. The molecule has 0 unspecified atom stereocenters. The third-order valence-electron chi connectivity index (χ3n) is 5.75. The van der Waals surface area contributed by atoms with Gasteiger partial charge in [0, 0.05) is 56.5 Å². The number of aldehydes is 1. The molecule has 2 amide bonds. The Kier molecular flexibility index (Phi) is 7.79. The molecule has 0 aliphatic carbocycles. The van der Waals surface area contributed by atoms with E-state index in [1.165, 1.54) is 6.20 Å². The molecule has 0 atom stereocenters. The van der Waals surface area contributed by atoms with Gasteiger partial charge < -0.3 is 25.6 Å². The van der Waals surface area contributed by atoms with E-state index < -0.39 is 5.91 Å². The highest BCUT2D eigenvalue weighted by atomic mass is 16.5. The number of aromatic nitrogens is 2. The molecule has 3 N–H and O–H groups in total. The molecule has 0 spiro atoms. The summed E-state index contributed by atoms with van der Waals surface area (Å²) in [5, 5.41) is 18.8. The molecule has 1 saturated heterocycles. The number of carbonyl (C=O) groups excluding carboxylic acids is 3. The van der Waals surface area contributed by atoms with Crippen LogP contribution < -0.4 is 16.0 Å². The summed E-state index contributed by atoms with van der Waals surface area (Å²) in [5.41, 5.74) is 2.27. The summed E-state index contributed by atoms with van der Waals surface area (Å²) in [5.74, 6) is -0.257. The van der Waals surface area contributed by atoms with E-state index in [-0.39, 0.29) is 36.1 Å². The van der Waals surface area contributed by atoms with Crippen LogP contribution in [0.25, 0.3) is 10.9 Å². The molecule has 0 radical (unpaired) electrons. The van der Waals surface area contributed by atoms with Crippen LogP contribution in [0.2, 0.25) is 0 Å². The van der Waals surface area contributed by atoms with Gasteiger partial charge in [0.05, 0.1) is 35.5 Å². The second kappa shape index (κ2) is 11.4. The number of nitrogens with zero attached hydrogens (tertiary/aromatic N) is 4. The first-order valence-corrected chi connectivity index (χ1v) is 11.3. The topological polar surface area (TPSA) is 149 Å². The van der Waals surface area contributed by atoms with Crippen molar-refractivity contribution in [3.8, 4) is 6.07 Å². The van der Waals surface area contributed by atoms with Gasteiger partial charge in [0.1, 0.15) is 17.6 Å². The first-order chi connectivity index (χ1) is 17.5. The van der Waals surface area contributed by atoms with Gasteiger partial charge in [-0.3, -0.25) is 14.4 Å². The zero-order chi connectivity index (χ0) is 25.5. The molecule has 36 heavy (non-hydrogen) atoms. The summed E-state index contributed by atoms with van der Waals surface area (Å²) in [6, 6.07) is 10.6. The average Bonchev–Trinajstić information content (AvgIpc) is 2.89. The van der Waals surface area contributed by atoms with Crippen LogP contribution in [0.5, 0.6) is 0 Å². The number of rotatable bonds is 9. The zero-order valence-electron chi connectivity index (χ0n) is 19.7. The molecule has 3 heterocycles. The van der Waals surface area contributed by atoms with Gasteiger partial charge >= 0.3 is 0 Å². The predicted octanol–water partition coefficient (Wildman–Crippen LogP) is 1.56. The van der Waals surface area contributed by atoms with Gasteiger partial charge in [-0.2, -0.15) is 5.26 Å². The Balaban J connectivity index is 1.61. The fourth-order valence-electron chi connectivity index (χ4n) is 3.92. The lowest BCUT2D eigenvalue weighted by Gasteiger charge is -2.27. The minimum Gasteiger partial charge on any atom is -0.383 e. The van der Waals surface area contributed by atoms with E-state index in [2.05, 4.69) is 32.0 Å². The second-order valence-corrected chi connectivity index (χ2v) is 8.12. The normalized spacial score (nSPS) is 13.3. The van der Waals surface area contributed by atoms with Gasteiger partial charge in [-0.15, -0.1) is 0 Å². The number of fused-ring (bicyclic) bond motifs is 1. The largest absolute Gasteiger partial charge is 0.383 e. The molecule has 184 valence electrons. The molecule has 3 aromatic rings. The lowest BCUT2D eigenvalue weighted by atomic mass is 10.0. The first kappa shape index (κ1) is 24.7. The van der Waals surface area contributed by atoms with Crippen LogP contribution in [0.15, 0.2) is 36.5 Å². The van der Waals surface area contributed by atoms with Gasteiger partial charge in [-0.25, -0.2) is 9.97 Å². The molecular weight excluding hydrogens is 462 g/mol. The number of benzene rings is 1. The van der Waals surface area contributed by atoms with E-state index in [0.717, 1.165) is 0 Å². The van der Waals surface area contributed by atoms with Crippen LogP contribution in [0, 0.1) is 11.3 Å². The van der Waals surface area contributed by atoms with Gasteiger partial charge in [-0.05, 0) is 12.1 Å². The van der Waals surface area contributed by atoms with Crippen molar-refractivity contribution in [1.82, 2.24) is 20.2 Å². The Morgan fingerprint density at radius 2 is 2.22 bits per heavy atom. The summed E-state index contributed by atoms with van der Waals surface area (Å²) in [4.78, 5) is 47.5. The standard InChI is InChI=1S/C25H25N7O4/c1-36-8-6-28-20-10-22(29-12-18(20)11-26)31-25(35)19-4-2-3-16-9-17(21(15-33)30-24(16)19)14-32-7-5-27-13-23(32)34/h2-4,9-10,12,15,27H,5-8,13-14H2,1H3,(H2,28,29,31,35). The van der Waals surface area contributed by atoms with Gasteiger partial charge in [0.2, 0.25) is 5.91 Å². The highest BCUT2D eigenvalue weighted by molar-refractivity contribution is 6.12. The van der Waals surface area contributed by atoms with Crippen molar-refractivity contribution >= 4 is 40.5 Å². The van der Waals surface area contributed by atoms with Gasteiger partial charge in [0.25, 0.3) is 5.91 Å². The Morgan fingerprint density at radius 1 is 1.36 bits per heavy atom. The quantitative estimate of drug-likeness (QED) is 0.302. The zero-order valence-corrected chi connectivity index (χ0v) is 19.7. The Labute approximate surface area is 207 Å². The molecule has 1 aliphatic heterocycles. The van der Waals surface area contributed by atoms with Crippen LogP contribution in [-0.2, 0) is 16.1 Å². The third kappa shape index (κ3) is 5.46. The number of pyridine rings is 2. The van der Waals surface area contributed by atoms with Crippen molar-refractivity contribution < 1.29 is 19.1 Å². The van der Waals surface area contributed by atoms with Crippen LogP contribution >= 0.6 is 0 Å². The van der Waals surface area contributed by atoms with E-state index >= 15 is 0 Å². The Hall–Kier alpha value is -4.40. The Bertz CT molecular complexity index is 1350. The summed E-state index contributed by atoms with van der Waals surface area (Å²) in [6.07, 6.45) is 2.01. The van der Waals surface area contributed by atoms with Crippen LogP contribution in [-0.4, -0.2) is 72.9 Å². The molecule has 11 nitrogen and oxygen atoms in total. The van der Waals surface area contributed by atoms with Crippen LogP contribution in [0.1, 0.15) is 32.0 Å². The number of ether oxygens (including phenoxy) is 1. The van der Waals surface area contributed by atoms with Gasteiger partial charge in [-0.1, -0.05) is 12.1 Å². The number of para-hydroxylation sites is 1. The molecule has 1 aromatic carbocycles. The third-order valence-corrected chi connectivity index (χ3v) is 5.75. The number of methoxy groups -OCH3 is 1. The summed E-state index contributed by atoms with van der Waals surface area (Å²) >= 11 is 0. The first-order valence-electron chi connectivity index (χ1n) is 11.3. The predicted molar refractivity (Wildman–Crippen MR) is 133 cm³/mol. The average molecular weight is 488 g/mol. The summed E-state index contributed by atoms with van der Waals surface area (Å²) in [7, 11) is 1.58. The molecule has 1 aliphatic rings. The van der Waals surface area contributed by atoms with Crippen molar-refractivity contribution in [2.45, 2.75) is 6.54 Å². The van der Waals surface area contributed by atoms with Crippen molar-refractivity contribution in [3.63, 3.8) is 0 Å². The molecule has 11 heteroatoms. The maximum Gasteiger partial charge on any atom is 0.259 e. The van der Waals surface area contributed by atoms with Crippen LogP contribution in [0.4, 0.5) is 11.5 Å². The number of hydrogen-bond donors (Lipinski definition) is 3. The van der Waals surface area contributed by atoms with E-state index in [0.29, 0.717) is 60.2 Å². The molecular formula is C25H25N7O4. The number of piperazine rings is 1. The SMILES string of the molecule is COCCNc1cc(NC(=O)c2cccc3cc(CN4CCNCC4=O)c(C=O)nc23)ncc1C#N. The van der Waals surface area contributed by atoms with Crippen molar-refractivity contribution in [2.24, 2.45) is 0 Å². The molecule has 0 saturated carbocycles. The summed E-state index contributed by atoms with van der Waals surface area (Å²) in [6.45, 7) is 2.67. The molecule has 2 aromatic heterocycles. The number of amides is 2. The van der Waals surface area contributed by atoms with Crippen molar-refractivity contribution in [1.29, 1.82) is 5.26 Å². The lowest BCUT2D eigenvalue weighted by molar-refractivity contribution is -0.132. The molecule has 4 rings (SSSR count). The van der Waals surface area contributed by atoms with Crippen molar-refractivity contribution in [2.75, 3.05) is 50.5 Å². The van der Waals surface area contributed by atoms with Crippen LogP contribution in [0.3, 0.4) is 0 Å². The van der Waals surface area contributed by atoms with E-state index in [1.807, 2.05) is 0 Å². The molecule has 1 fully saturated rings. The summed E-state index contributed by atoms with van der Waals surface area (Å²) < 4.78 is 5.02. The smallest absolute Gasteiger partial charge is 0.259 e. The minimum atomic E-state index is -0.463. The maximum atomic E-state index is 13.2. The van der Waals surface area contributed by atoms with Gasteiger partial charge in [0.15, 0.2) is 6.29 Å². The number of nitriles is 1. The number of hydrogen-bond acceptors (Lipinski definition) is 9. The maximum absolute atomic E-state index is 13.2. The van der Waals surface area contributed by atoms with E-state index in [4.69, 9.17) is 4.74 Å². The number of carbonyl (C=O) groups is 3. The number of nitrogens with one attached hydrogen (secondary N) is 3. The fourth-order valence-corrected chi connectivity index (χ4v) is 3.92.